The molecule has 0 aromatic heterocycles. The Morgan fingerprint density at radius 1 is 1.35 bits per heavy atom. The van der Waals surface area contributed by atoms with Gasteiger partial charge in [0.25, 0.3) is 5.69 Å². The molecule has 0 bridgehead atoms. The first-order valence-corrected chi connectivity index (χ1v) is 6.34. The molecule has 1 unspecified atom stereocenters. The number of anilines is 1. The lowest BCUT2D eigenvalue weighted by atomic mass is 10.1. The van der Waals surface area contributed by atoms with E-state index in [9.17, 15) is 18.9 Å². The number of aryl methyl sites for hydroxylation is 1. The van der Waals surface area contributed by atoms with Crippen LogP contribution in [-0.4, -0.2) is 19.4 Å². The zero-order valence-corrected chi connectivity index (χ0v) is 9.94. The molecule has 17 heavy (non-hydrogen) atoms. The number of hydrogen-bond donors (Lipinski definition) is 1. The van der Waals surface area contributed by atoms with Crippen LogP contribution in [0.5, 0.6) is 0 Å². The van der Waals surface area contributed by atoms with Crippen LogP contribution in [0.4, 0.5) is 11.4 Å². The van der Waals surface area contributed by atoms with Gasteiger partial charge in [-0.15, -0.1) is 0 Å². The highest BCUT2D eigenvalue weighted by molar-refractivity contribution is 7.79. The van der Waals surface area contributed by atoms with Crippen LogP contribution >= 0.6 is 0 Å². The van der Waals surface area contributed by atoms with E-state index in [1.807, 2.05) is 0 Å². The third-order valence-electron chi connectivity index (χ3n) is 2.32. The van der Waals surface area contributed by atoms with Crippen LogP contribution in [0.3, 0.4) is 0 Å². The Hall–Kier alpha value is -1.47. The molecule has 1 atom stereocenters. The summed E-state index contributed by atoms with van der Waals surface area (Å²) in [5.41, 5.74) is 6.29. The van der Waals surface area contributed by atoms with Crippen LogP contribution in [0.2, 0.25) is 0 Å². The van der Waals surface area contributed by atoms with Gasteiger partial charge in [-0.05, 0) is 30.9 Å². The quantitative estimate of drug-likeness (QED) is 0.272. The van der Waals surface area contributed by atoms with Crippen molar-refractivity contribution in [2.24, 2.45) is 0 Å². The fraction of sp³-hybridized carbons (Fsp3) is 0.400. The number of nitro groups is 1. The Morgan fingerprint density at radius 2 is 2.06 bits per heavy atom. The van der Waals surface area contributed by atoms with Crippen molar-refractivity contribution in [3.05, 3.63) is 33.9 Å². The van der Waals surface area contributed by atoms with E-state index in [0.717, 1.165) is 5.56 Å². The fourth-order valence-electron chi connectivity index (χ4n) is 1.45. The van der Waals surface area contributed by atoms with E-state index in [1.54, 1.807) is 6.07 Å². The first kappa shape index (κ1) is 13.6. The summed E-state index contributed by atoms with van der Waals surface area (Å²) in [6.45, 7) is 0. The number of nitro benzene ring substituents is 1. The van der Waals surface area contributed by atoms with E-state index in [4.69, 9.17) is 5.73 Å². The minimum absolute atomic E-state index is 0.102. The average molecular weight is 257 g/mol. The molecule has 2 N–H and O–H groups in total. The van der Waals surface area contributed by atoms with Crippen LogP contribution in [-0.2, 0) is 17.5 Å². The van der Waals surface area contributed by atoms with Gasteiger partial charge < -0.3 is 10.3 Å². The number of nitrogen functional groups attached to an aromatic ring is 1. The number of benzene rings is 1. The highest BCUT2D eigenvalue weighted by Gasteiger charge is 2.11. The molecule has 1 aromatic rings. The first-order chi connectivity index (χ1) is 8.00. The number of nitrogens with two attached hydrogens (primary N) is 1. The predicted molar refractivity (Wildman–Crippen MR) is 64.2 cm³/mol. The van der Waals surface area contributed by atoms with E-state index in [-0.39, 0.29) is 17.1 Å². The molecular formula is C10H13N2O4S-. The maximum atomic E-state index is 10.6. The molecule has 0 spiro atoms. The van der Waals surface area contributed by atoms with E-state index < -0.39 is 16.0 Å². The Morgan fingerprint density at radius 3 is 2.65 bits per heavy atom. The van der Waals surface area contributed by atoms with Gasteiger partial charge in [-0.25, -0.2) is 0 Å². The standard InChI is InChI=1S/C10H14N2O4S/c11-9-5-4-8(7-10(9)12(13)14)3-1-2-6-17(15)16/h4-5,7H,1-3,6,11H2,(H,15,16)/p-1. The van der Waals surface area contributed by atoms with Crippen molar-refractivity contribution in [2.75, 3.05) is 11.5 Å². The lowest BCUT2D eigenvalue weighted by Gasteiger charge is -2.05. The van der Waals surface area contributed by atoms with Gasteiger partial charge in [-0.1, -0.05) is 17.1 Å². The molecule has 0 fully saturated rings. The van der Waals surface area contributed by atoms with Gasteiger partial charge in [0.2, 0.25) is 0 Å². The van der Waals surface area contributed by atoms with Crippen LogP contribution < -0.4 is 5.73 Å². The monoisotopic (exact) mass is 257 g/mol. The number of nitrogens with zero attached hydrogens (tertiary/aromatic N) is 1. The van der Waals surface area contributed by atoms with E-state index in [2.05, 4.69) is 0 Å². The summed E-state index contributed by atoms with van der Waals surface area (Å²) in [4.78, 5) is 10.1. The minimum atomic E-state index is -2.02. The highest BCUT2D eigenvalue weighted by Crippen LogP contribution is 2.23. The number of hydrogen-bond acceptors (Lipinski definition) is 5. The minimum Gasteiger partial charge on any atom is -0.772 e. The second kappa shape index (κ2) is 6.31. The summed E-state index contributed by atoms with van der Waals surface area (Å²) in [5, 5.41) is 10.6. The van der Waals surface area contributed by atoms with Crippen molar-refractivity contribution in [3.8, 4) is 0 Å². The van der Waals surface area contributed by atoms with Gasteiger partial charge in [0.05, 0.1) is 4.92 Å². The molecule has 0 radical (unpaired) electrons. The normalized spacial score (nSPS) is 12.3. The van der Waals surface area contributed by atoms with E-state index in [0.29, 0.717) is 19.3 Å². The third kappa shape index (κ3) is 4.49. The van der Waals surface area contributed by atoms with Gasteiger partial charge in [-0.2, -0.15) is 0 Å². The van der Waals surface area contributed by atoms with Gasteiger partial charge >= 0.3 is 0 Å². The molecule has 0 saturated heterocycles. The topological polar surface area (TPSA) is 109 Å². The zero-order chi connectivity index (χ0) is 12.8. The third-order valence-corrected chi connectivity index (χ3v) is 2.94. The molecule has 94 valence electrons. The lowest BCUT2D eigenvalue weighted by molar-refractivity contribution is -0.384. The van der Waals surface area contributed by atoms with E-state index >= 15 is 0 Å². The molecule has 1 aromatic carbocycles. The summed E-state index contributed by atoms with van der Waals surface area (Å²) in [6.07, 6.45) is 1.83. The molecule has 0 amide bonds. The Balaban J connectivity index is 2.57. The predicted octanol–water partition coefficient (Wildman–Crippen LogP) is 1.38. The second-order valence-electron chi connectivity index (χ2n) is 3.62. The number of unbranched alkanes of at least 4 members (excludes halogenated alkanes) is 1. The molecule has 0 aliphatic rings. The largest absolute Gasteiger partial charge is 0.772 e. The average Bonchev–Trinajstić information content (AvgIpc) is 2.25. The van der Waals surface area contributed by atoms with Crippen LogP contribution in [0.1, 0.15) is 18.4 Å². The maximum absolute atomic E-state index is 10.6. The summed E-state index contributed by atoms with van der Waals surface area (Å²) < 4.78 is 20.6. The van der Waals surface area contributed by atoms with Crippen LogP contribution in [0.25, 0.3) is 0 Å². The van der Waals surface area contributed by atoms with Crippen molar-refractivity contribution in [1.82, 2.24) is 0 Å². The van der Waals surface area contributed by atoms with Crippen molar-refractivity contribution in [3.63, 3.8) is 0 Å². The molecule has 0 aliphatic carbocycles. The zero-order valence-electron chi connectivity index (χ0n) is 9.13. The fourth-order valence-corrected chi connectivity index (χ4v) is 1.89. The summed E-state index contributed by atoms with van der Waals surface area (Å²) in [6, 6.07) is 4.65. The van der Waals surface area contributed by atoms with Crippen molar-refractivity contribution in [2.45, 2.75) is 19.3 Å². The van der Waals surface area contributed by atoms with Crippen molar-refractivity contribution >= 4 is 22.5 Å². The Bertz CT molecular complexity index is 436. The summed E-state index contributed by atoms with van der Waals surface area (Å²) in [5.74, 6) is 0.122. The van der Waals surface area contributed by atoms with Crippen LogP contribution in [0, 0.1) is 10.1 Å². The first-order valence-electron chi connectivity index (χ1n) is 5.09. The Kier molecular flexibility index (Phi) is 5.05. The van der Waals surface area contributed by atoms with Crippen molar-refractivity contribution in [1.29, 1.82) is 0 Å². The number of rotatable bonds is 6. The van der Waals surface area contributed by atoms with Crippen LogP contribution in [0.15, 0.2) is 18.2 Å². The molecular weight excluding hydrogens is 244 g/mol. The molecule has 6 nitrogen and oxygen atoms in total. The second-order valence-corrected chi connectivity index (χ2v) is 4.63. The van der Waals surface area contributed by atoms with Gasteiger partial charge in [0, 0.05) is 11.8 Å². The maximum Gasteiger partial charge on any atom is 0.292 e. The smallest absolute Gasteiger partial charge is 0.292 e. The van der Waals surface area contributed by atoms with Crippen molar-refractivity contribution < 1.29 is 13.7 Å². The lowest BCUT2D eigenvalue weighted by Crippen LogP contribution is -1.99. The molecule has 0 aliphatic heterocycles. The SMILES string of the molecule is Nc1ccc(CCCCS(=O)[O-])cc1[N+](=O)[O-]. The van der Waals surface area contributed by atoms with Gasteiger partial charge in [0.15, 0.2) is 0 Å². The van der Waals surface area contributed by atoms with Gasteiger partial charge in [0.1, 0.15) is 5.69 Å². The molecule has 1 rings (SSSR count). The summed E-state index contributed by atoms with van der Waals surface area (Å²) >= 11 is -2.02. The molecule has 7 heteroatoms. The summed E-state index contributed by atoms with van der Waals surface area (Å²) in [7, 11) is 0. The highest BCUT2D eigenvalue weighted by atomic mass is 32.2. The Labute approximate surface area is 101 Å². The molecule has 0 saturated carbocycles. The van der Waals surface area contributed by atoms with E-state index in [1.165, 1.54) is 12.1 Å². The van der Waals surface area contributed by atoms with Gasteiger partial charge in [-0.3, -0.25) is 14.3 Å². The molecule has 0 heterocycles.